The van der Waals surface area contributed by atoms with E-state index in [-0.39, 0.29) is 44.3 Å². The van der Waals surface area contributed by atoms with E-state index in [2.05, 4.69) is 45.6 Å². The number of anilines is 3. The van der Waals surface area contributed by atoms with Crippen molar-refractivity contribution >= 4 is 105 Å². The fourth-order valence-corrected chi connectivity index (χ4v) is 10.8. The van der Waals surface area contributed by atoms with Crippen LogP contribution >= 0.6 is 23.2 Å². The predicted octanol–water partition coefficient (Wildman–Crippen LogP) is 9.60. The Morgan fingerprint density at radius 3 is 1.74 bits per heavy atom. The van der Waals surface area contributed by atoms with Crippen molar-refractivity contribution in [3.63, 3.8) is 0 Å². The van der Waals surface area contributed by atoms with Gasteiger partial charge in [-0.05, 0) is 116 Å². The van der Waals surface area contributed by atoms with Crippen LogP contribution in [0, 0.1) is 0 Å². The van der Waals surface area contributed by atoms with E-state index >= 15 is 0 Å². The second-order valence-corrected chi connectivity index (χ2v) is 21.2. The van der Waals surface area contributed by atoms with Crippen molar-refractivity contribution in [3.8, 4) is 17.5 Å². The van der Waals surface area contributed by atoms with Gasteiger partial charge in [-0.15, -0.1) is 20.5 Å². The van der Waals surface area contributed by atoms with Crippen molar-refractivity contribution in [3.05, 3.63) is 150 Å². The number of morpholine rings is 1. The van der Waals surface area contributed by atoms with Gasteiger partial charge >= 0.3 is 0 Å². The first-order valence-electron chi connectivity index (χ1n) is 23.4. The van der Waals surface area contributed by atoms with E-state index < -0.39 is 45.0 Å². The van der Waals surface area contributed by atoms with Crippen LogP contribution in [0.2, 0.25) is 10.0 Å². The van der Waals surface area contributed by atoms with E-state index in [0.717, 1.165) is 47.1 Å². The predicted molar refractivity (Wildman–Crippen MR) is 289 cm³/mol. The molecule has 0 aliphatic carbocycles. The van der Waals surface area contributed by atoms with E-state index in [1.54, 1.807) is 42.5 Å². The summed E-state index contributed by atoms with van der Waals surface area (Å²) in [6.07, 6.45) is 2.99. The van der Waals surface area contributed by atoms with Crippen molar-refractivity contribution in [1.82, 2.24) is 19.9 Å². The Hall–Kier alpha value is -7.93. The fraction of sp³-hybridized carbons (Fsp3) is 0.196. The zero-order chi connectivity index (χ0) is 53.8. The quantitative estimate of drug-likeness (QED) is 0.0501. The lowest BCUT2D eigenvalue weighted by Gasteiger charge is -2.26. The van der Waals surface area contributed by atoms with Gasteiger partial charge in [-0.2, -0.15) is 0 Å². The summed E-state index contributed by atoms with van der Waals surface area (Å²) in [7, 11) is -8.33. The van der Waals surface area contributed by atoms with Gasteiger partial charge in [-0.25, -0.2) is 16.8 Å². The summed E-state index contributed by atoms with van der Waals surface area (Å²) in [5, 5.41) is 40.5. The van der Waals surface area contributed by atoms with Crippen LogP contribution in [0.15, 0.2) is 170 Å². The Morgan fingerprint density at radius 1 is 0.697 bits per heavy atom. The van der Waals surface area contributed by atoms with Gasteiger partial charge in [0.25, 0.3) is 31.9 Å². The van der Waals surface area contributed by atoms with Gasteiger partial charge in [-0.1, -0.05) is 41.4 Å². The number of fused-ring (bicyclic) bond motifs is 2. The van der Waals surface area contributed by atoms with Crippen LogP contribution in [0.3, 0.4) is 0 Å². The normalized spacial score (nSPS) is 13.2. The van der Waals surface area contributed by atoms with Crippen molar-refractivity contribution in [2.24, 2.45) is 20.5 Å². The van der Waals surface area contributed by atoms with Gasteiger partial charge in [0.15, 0.2) is 11.4 Å². The molecular weight excluding hydrogens is 1060 g/mol. The first-order valence-corrected chi connectivity index (χ1v) is 27.0. The molecule has 0 atom stereocenters. The molecule has 3 aromatic heterocycles. The molecule has 0 radical (unpaired) electrons. The average Bonchev–Trinajstić information content (AvgIpc) is 3.93. The number of aromatic nitrogens is 3. The Morgan fingerprint density at radius 2 is 1.20 bits per heavy atom. The number of halogens is 2. The van der Waals surface area contributed by atoms with E-state index in [1.165, 1.54) is 97.3 Å². The number of benzene rings is 5. The third-order valence-electron chi connectivity index (χ3n) is 11.5. The standard InChI is InChI=1S/C28H29ClN6O5S.C23H20ClN5O5S/c29-20-5-9-22(10-6-20)35(19-26(36)32-33-27-24-3-1-2-4-25(24)31-28(27)37)41(38,39)23-11-7-21(8-12-23)30-13-14-34-15-17-40-18-16-34;1-2-34-17-7-9-18(10-8-17)35(32,33)29(16-5-3-15(24)4-6-16)14-21(30)27-28-22-19-13-25-12-11-20(19)26-23(22)31/h1-12,30-31,37H,13-19H2;3-13,26,31H,2,14H2,1H3. The van der Waals surface area contributed by atoms with Gasteiger partial charge in [0.1, 0.15) is 18.8 Å². The lowest BCUT2D eigenvalue weighted by Crippen LogP contribution is -2.39. The summed E-state index contributed by atoms with van der Waals surface area (Å²) in [5.41, 5.74) is 2.52. The molecule has 0 bridgehead atoms. The number of aromatic amines is 2. The zero-order valence-corrected chi connectivity index (χ0v) is 43.6. The van der Waals surface area contributed by atoms with E-state index in [9.17, 15) is 36.6 Å². The summed E-state index contributed by atoms with van der Waals surface area (Å²) >= 11 is 12.0. The number of hydrogen-bond donors (Lipinski definition) is 5. The molecule has 1 aliphatic rings. The van der Waals surface area contributed by atoms with E-state index in [4.69, 9.17) is 32.7 Å². The molecule has 1 fully saturated rings. The minimum atomic E-state index is -4.17. The van der Waals surface area contributed by atoms with Crippen molar-refractivity contribution in [1.29, 1.82) is 0 Å². The molecule has 2 amide bonds. The lowest BCUT2D eigenvalue weighted by atomic mass is 10.2. The molecule has 9 rings (SSSR count). The Labute approximate surface area is 446 Å². The number of H-pyrrole nitrogens is 2. The molecule has 8 aromatic rings. The number of carbonyl (C=O) groups excluding carboxylic acids is 2. The fourth-order valence-electron chi connectivity index (χ4n) is 7.74. The Kier molecular flexibility index (Phi) is 17.6. The maximum Gasteiger partial charge on any atom is 0.285 e. The zero-order valence-electron chi connectivity index (χ0n) is 40.5. The molecule has 5 N–H and O–H groups in total. The Bertz CT molecular complexity index is 3600. The number of nitrogens with zero attached hydrogens (tertiary/aromatic N) is 8. The number of carbonyl (C=O) groups is 2. The first-order chi connectivity index (χ1) is 36.6. The van der Waals surface area contributed by atoms with Gasteiger partial charge in [-0.3, -0.25) is 28.1 Å². The molecule has 0 saturated carbocycles. The van der Waals surface area contributed by atoms with Gasteiger partial charge < -0.3 is 35.0 Å². The van der Waals surface area contributed by atoms with Gasteiger partial charge in [0.2, 0.25) is 11.8 Å². The molecule has 5 aromatic carbocycles. The highest BCUT2D eigenvalue weighted by atomic mass is 35.5. The second kappa shape index (κ2) is 24.6. The number of ether oxygens (including phenoxy) is 2. The molecule has 394 valence electrons. The monoisotopic (exact) mass is 1110 g/mol. The summed E-state index contributed by atoms with van der Waals surface area (Å²) < 4.78 is 67.0. The number of azo groups is 2. The van der Waals surface area contributed by atoms with E-state index in [0.29, 0.717) is 50.8 Å². The number of aromatic hydroxyl groups is 2. The molecule has 25 heteroatoms. The molecule has 1 aliphatic heterocycles. The van der Waals surface area contributed by atoms with Crippen LogP contribution in [0.5, 0.6) is 17.5 Å². The number of para-hydroxylation sites is 1. The number of rotatable bonds is 18. The maximum atomic E-state index is 13.7. The Balaban J connectivity index is 0.000000204. The third-order valence-corrected chi connectivity index (χ3v) is 15.6. The summed E-state index contributed by atoms with van der Waals surface area (Å²) in [4.78, 5) is 37.3. The maximum absolute atomic E-state index is 13.7. The first kappa shape index (κ1) is 54.3. The highest BCUT2D eigenvalue weighted by Crippen LogP contribution is 2.37. The van der Waals surface area contributed by atoms with Crippen molar-refractivity contribution < 1.29 is 46.1 Å². The van der Waals surface area contributed by atoms with Crippen LogP contribution < -0.4 is 18.7 Å². The lowest BCUT2D eigenvalue weighted by molar-refractivity contribution is -0.117. The second-order valence-electron chi connectivity index (χ2n) is 16.6. The van der Waals surface area contributed by atoms with E-state index in [1.807, 2.05) is 6.92 Å². The summed E-state index contributed by atoms with van der Waals surface area (Å²) in [5.74, 6) is -1.70. The minimum absolute atomic E-state index is 0.00481. The average molecular weight is 1110 g/mol. The largest absolute Gasteiger partial charge is 0.494 e. The van der Waals surface area contributed by atoms with Crippen molar-refractivity contribution in [2.45, 2.75) is 16.7 Å². The summed E-state index contributed by atoms with van der Waals surface area (Å²) in [6.45, 7) is 5.79. The molecule has 0 spiro atoms. The summed E-state index contributed by atoms with van der Waals surface area (Å²) in [6, 6.07) is 32.9. The minimum Gasteiger partial charge on any atom is -0.494 e. The van der Waals surface area contributed by atoms with Crippen LogP contribution in [0.1, 0.15) is 6.92 Å². The van der Waals surface area contributed by atoms with Crippen LogP contribution in [-0.2, 0) is 34.4 Å². The van der Waals surface area contributed by atoms with Crippen LogP contribution in [0.4, 0.5) is 28.4 Å². The van der Waals surface area contributed by atoms with Crippen LogP contribution in [-0.4, -0.2) is 118 Å². The number of amides is 2. The highest BCUT2D eigenvalue weighted by molar-refractivity contribution is 7.93. The molecule has 76 heavy (non-hydrogen) atoms. The smallest absolute Gasteiger partial charge is 0.285 e. The van der Waals surface area contributed by atoms with Crippen molar-refractivity contribution in [2.75, 3.05) is 73.0 Å². The molecule has 4 heterocycles. The van der Waals surface area contributed by atoms with Gasteiger partial charge in [0.05, 0.1) is 52.0 Å². The topological polar surface area (TPSA) is 277 Å². The molecule has 1 saturated heterocycles. The van der Waals surface area contributed by atoms with Gasteiger partial charge in [0, 0.05) is 65.1 Å². The molecule has 21 nitrogen and oxygen atoms in total. The number of pyridine rings is 1. The SMILES string of the molecule is CCOc1ccc(S(=O)(=O)N(CC(=O)N=Nc2c(O)[nH]c3ccncc23)c2ccc(Cl)cc2)cc1.O=C(CN(c1ccc(Cl)cc1)S(=O)(=O)c1ccc(NCCN2CCOCC2)cc1)N=Nc1c(O)[nH]c2ccccc12. The number of sulfonamides is 2. The molecule has 0 unspecified atom stereocenters. The third kappa shape index (κ3) is 13.3. The van der Waals surface area contributed by atoms with Crippen LogP contribution in [0.25, 0.3) is 21.8 Å². The highest BCUT2D eigenvalue weighted by Gasteiger charge is 2.29. The molecular formula is C51H49Cl2N11O10S2. The number of hydrogen-bond acceptors (Lipinski definition) is 15. The number of nitrogens with one attached hydrogen (secondary N) is 3.